The van der Waals surface area contributed by atoms with Gasteiger partial charge in [0.15, 0.2) is 5.13 Å². The predicted molar refractivity (Wildman–Crippen MR) is 130 cm³/mol. The molecule has 2 aromatic carbocycles. The van der Waals surface area contributed by atoms with Crippen molar-refractivity contribution in [2.75, 3.05) is 31.2 Å². The first-order chi connectivity index (χ1) is 15.3. The lowest BCUT2D eigenvalue weighted by molar-refractivity contribution is -0.129. The summed E-state index contributed by atoms with van der Waals surface area (Å²) >= 11 is 1.35. The van der Waals surface area contributed by atoms with Crippen LogP contribution in [0.2, 0.25) is 0 Å². The van der Waals surface area contributed by atoms with Gasteiger partial charge in [0.1, 0.15) is 0 Å². The number of likely N-dealkylation sites (tertiary alicyclic amines) is 1. The standard InChI is InChI=1S/C22H26N4O4S2/c1-32(29,30)17-6-4-5-15(13-17)16-7-8-18-19(14-16)31-22(24-18)25-21(28)23-10-9-20(27)26-11-2-3-12-26/h4-8,13-14,29-30H,2-3,9-12H2,1H3,(H2,23,24,25,28). The SMILES string of the molecule is CS(O)(O)c1cccc(-c2ccc3nc(NC(=O)NCCC(=O)N4CCCC4)sc3c2)c1. The summed E-state index contributed by atoms with van der Waals surface area (Å²) < 4.78 is 20.8. The normalized spacial score (nSPS) is 14.5. The summed E-state index contributed by atoms with van der Waals surface area (Å²) in [6, 6.07) is 12.5. The third-order valence-corrected chi connectivity index (χ3v) is 7.39. The third-order valence-electron chi connectivity index (χ3n) is 5.31. The van der Waals surface area contributed by atoms with Crippen LogP contribution >= 0.6 is 21.9 Å². The van der Waals surface area contributed by atoms with E-state index in [1.165, 1.54) is 17.6 Å². The van der Waals surface area contributed by atoms with Crippen molar-refractivity contribution >= 4 is 49.2 Å². The van der Waals surface area contributed by atoms with Crippen LogP contribution in [0.1, 0.15) is 19.3 Å². The van der Waals surface area contributed by atoms with Crippen LogP contribution in [0.4, 0.5) is 9.93 Å². The highest BCUT2D eigenvalue weighted by Gasteiger charge is 2.17. The number of hydrogen-bond donors (Lipinski definition) is 4. The first-order valence-electron chi connectivity index (χ1n) is 10.4. The van der Waals surface area contributed by atoms with E-state index in [9.17, 15) is 18.7 Å². The van der Waals surface area contributed by atoms with Crippen LogP contribution in [-0.2, 0) is 4.79 Å². The summed E-state index contributed by atoms with van der Waals surface area (Å²) in [6.45, 7) is 1.90. The molecular formula is C22H26N4O4S2. The van der Waals surface area contributed by atoms with E-state index in [1.54, 1.807) is 18.2 Å². The zero-order chi connectivity index (χ0) is 22.7. The second-order valence-corrected chi connectivity index (χ2v) is 11.0. The summed E-state index contributed by atoms with van der Waals surface area (Å²) in [4.78, 5) is 31.0. The molecule has 3 aromatic rings. The fourth-order valence-electron chi connectivity index (χ4n) is 3.62. The zero-order valence-corrected chi connectivity index (χ0v) is 19.3. The summed E-state index contributed by atoms with van der Waals surface area (Å²) in [5, 5.41) is 5.91. The second kappa shape index (κ2) is 9.45. The molecule has 0 radical (unpaired) electrons. The van der Waals surface area contributed by atoms with Crippen molar-refractivity contribution in [1.82, 2.24) is 15.2 Å². The molecule has 1 fully saturated rings. The van der Waals surface area contributed by atoms with Crippen LogP contribution in [0, 0.1) is 0 Å². The molecule has 0 atom stereocenters. The molecule has 4 N–H and O–H groups in total. The van der Waals surface area contributed by atoms with Gasteiger partial charge in [-0.15, -0.1) is 0 Å². The molecule has 0 spiro atoms. The van der Waals surface area contributed by atoms with E-state index < -0.39 is 10.6 Å². The minimum atomic E-state index is -2.79. The topological polar surface area (TPSA) is 115 Å². The summed E-state index contributed by atoms with van der Waals surface area (Å²) in [5.41, 5.74) is 2.55. The Bertz CT molecular complexity index is 1140. The number of urea groups is 1. The molecule has 32 heavy (non-hydrogen) atoms. The Balaban J connectivity index is 1.38. The van der Waals surface area contributed by atoms with Crippen molar-refractivity contribution in [2.45, 2.75) is 24.2 Å². The highest BCUT2D eigenvalue weighted by atomic mass is 32.3. The van der Waals surface area contributed by atoms with Gasteiger partial charge in [0.2, 0.25) is 5.91 Å². The monoisotopic (exact) mass is 474 g/mol. The zero-order valence-electron chi connectivity index (χ0n) is 17.7. The number of fused-ring (bicyclic) bond motifs is 1. The number of anilines is 1. The number of carbonyl (C=O) groups excluding carboxylic acids is 2. The van der Waals surface area contributed by atoms with Gasteiger partial charge in [0, 0.05) is 32.3 Å². The van der Waals surface area contributed by atoms with Gasteiger partial charge in [0.05, 0.1) is 15.1 Å². The largest absolute Gasteiger partial charge is 0.343 e. The van der Waals surface area contributed by atoms with Gasteiger partial charge in [-0.1, -0.05) is 29.5 Å². The number of amides is 3. The maximum absolute atomic E-state index is 12.2. The lowest BCUT2D eigenvalue weighted by Gasteiger charge is -2.27. The Kier molecular flexibility index (Phi) is 6.66. The quantitative estimate of drug-likeness (QED) is 0.408. The van der Waals surface area contributed by atoms with Crippen LogP contribution in [-0.4, -0.2) is 56.8 Å². The van der Waals surface area contributed by atoms with E-state index >= 15 is 0 Å². The van der Waals surface area contributed by atoms with Crippen LogP contribution in [0.3, 0.4) is 0 Å². The van der Waals surface area contributed by atoms with Crippen LogP contribution in [0.15, 0.2) is 47.4 Å². The molecule has 4 rings (SSSR count). The molecule has 10 heteroatoms. The van der Waals surface area contributed by atoms with Crippen LogP contribution in [0.25, 0.3) is 21.3 Å². The van der Waals surface area contributed by atoms with Gasteiger partial charge in [0.25, 0.3) is 0 Å². The predicted octanol–water partition coefficient (Wildman–Crippen LogP) is 4.84. The van der Waals surface area contributed by atoms with Crippen molar-refractivity contribution in [1.29, 1.82) is 0 Å². The molecule has 0 saturated carbocycles. The smallest absolute Gasteiger partial charge is 0.321 e. The maximum atomic E-state index is 12.2. The Morgan fingerprint density at radius 2 is 1.88 bits per heavy atom. The molecule has 3 amide bonds. The number of nitrogens with one attached hydrogen (secondary N) is 2. The van der Waals surface area contributed by atoms with E-state index in [0.717, 1.165) is 47.3 Å². The average Bonchev–Trinajstić information content (AvgIpc) is 3.42. The second-order valence-electron chi connectivity index (χ2n) is 7.78. The number of rotatable bonds is 6. The van der Waals surface area contributed by atoms with E-state index in [2.05, 4.69) is 15.6 Å². The lowest BCUT2D eigenvalue weighted by Crippen LogP contribution is -2.34. The molecule has 1 aliphatic heterocycles. The average molecular weight is 475 g/mol. The highest BCUT2D eigenvalue weighted by Crippen LogP contribution is 2.45. The number of nitrogens with zero attached hydrogens (tertiary/aromatic N) is 2. The minimum absolute atomic E-state index is 0.0729. The van der Waals surface area contributed by atoms with E-state index in [0.29, 0.717) is 10.0 Å². The molecule has 2 heterocycles. The third kappa shape index (κ3) is 5.39. The lowest BCUT2D eigenvalue weighted by atomic mass is 10.1. The fourth-order valence-corrected chi connectivity index (χ4v) is 5.21. The number of benzene rings is 2. The first kappa shape index (κ1) is 22.5. The Hall–Kier alpha value is -2.66. The summed E-state index contributed by atoms with van der Waals surface area (Å²) in [7, 11) is -2.79. The van der Waals surface area contributed by atoms with Gasteiger partial charge in [-0.05, 0) is 48.2 Å². The Morgan fingerprint density at radius 1 is 1.12 bits per heavy atom. The molecule has 0 aliphatic carbocycles. The van der Waals surface area contributed by atoms with Gasteiger partial charge in [-0.25, -0.2) is 9.78 Å². The Morgan fingerprint density at radius 3 is 2.62 bits per heavy atom. The summed E-state index contributed by atoms with van der Waals surface area (Å²) in [6.07, 6.45) is 3.79. The molecule has 0 bridgehead atoms. The van der Waals surface area contributed by atoms with Crippen molar-refractivity contribution in [2.24, 2.45) is 0 Å². The molecular weight excluding hydrogens is 448 g/mol. The highest BCUT2D eigenvalue weighted by molar-refractivity contribution is 8.23. The van der Waals surface area contributed by atoms with Crippen molar-refractivity contribution in [3.8, 4) is 11.1 Å². The fraction of sp³-hybridized carbons (Fsp3) is 0.318. The van der Waals surface area contributed by atoms with Crippen LogP contribution in [0.5, 0.6) is 0 Å². The molecule has 1 aromatic heterocycles. The molecule has 0 unspecified atom stereocenters. The number of carbonyl (C=O) groups is 2. The Labute approximate surface area is 192 Å². The van der Waals surface area contributed by atoms with Crippen molar-refractivity contribution in [3.05, 3.63) is 42.5 Å². The van der Waals surface area contributed by atoms with Crippen molar-refractivity contribution in [3.63, 3.8) is 0 Å². The van der Waals surface area contributed by atoms with Gasteiger partial charge in [-0.2, -0.15) is 10.6 Å². The molecule has 8 nitrogen and oxygen atoms in total. The maximum Gasteiger partial charge on any atom is 0.321 e. The summed E-state index contributed by atoms with van der Waals surface area (Å²) in [5.74, 6) is 0.0729. The number of hydrogen-bond acceptors (Lipinski definition) is 6. The van der Waals surface area contributed by atoms with Crippen LogP contribution < -0.4 is 10.6 Å². The number of thiazole rings is 1. The van der Waals surface area contributed by atoms with E-state index in [-0.39, 0.29) is 24.9 Å². The molecule has 1 aliphatic rings. The minimum Gasteiger partial charge on any atom is -0.343 e. The van der Waals surface area contributed by atoms with Gasteiger partial charge in [-0.3, -0.25) is 19.2 Å². The van der Waals surface area contributed by atoms with E-state index in [1.807, 2.05) is 29.2 Å². The first-order valence-corrected chi connectivity index (χ1v) is 13.1. The number of aromatic nitrogens is 1. The van der Waals surface area contributed by atoms with Gasteiger partial charge >= 0.3 is 6.03 Å². The molecule has 1 saturated heterocycles. The van der Waals surface area contributed by atoms with Gasteiger partial charge < -0.3 is 10.2 Å². The molecule has 170 valence electrons. The van der Waals surface area contributed by atoms with E-state index in [4.69, 9.17) is 0 Å². The van der Waals surface area contributed by atoms with Crippen molar-refractivity contribution < 1.29 is 18.7 Å².